The number of anilines is 1. The van der Waals surface area contributed by atoms with Crippen molar-refractivity contribution in [3.63, 3.8) is 0 Å². The lowest BCUT2D eigenvalue weighted by Gasteiger charge is -2.29. The second-order valence-electron chi connectivity index (χ2n) is 7.90. The van der Waals surface area contributed by atoms with Crippen LogP contribution in [0.4, 0.5) is 5.69 Å². The normalized spacial score (nSPS) is 16.3. The SMILES string of the molecule is CCCO[C@@](C)(C(=O)Nc1ccc(OCC(C)C)c2ncccc12)C1CC1. The van der Waals surface area contributed by atoms with E-state index in [0.717, 1.165) is 41.6 Å². The summed E-state index contributed by atoms with van der Waals surface area (Å²) in [5, 5.41) is 3.96. The van der Waals surface area contributed by atoms with Crippen molar-refractivity contribution in [3.05, 3.63) is 30.5 Å². The van der Waals surface area contributed by atoms with Crippen LogP contribution in [-0.2, 0) is 9.53 Å². The van der Waals surface area contributed by atoms with Gasteiger partial charge in [0.1, 0.15) is 16.9 Å². The molecule has 0 bridgehead atoms. The number of amides is 1. The maximum absolute atomic E-state index is 13.1. The van der Waals surface area contributed by atoms with E-state index in [0.29, 0.717) is 25.0 Å². The summed E-state index contributed by atoms with van der Waals surface area (Å²) in [6.45, 7) is 9.40. The van der Waals surface area contributed by atoms with E-state index >= 15 is 0 Å². The molecule has 1 heterocycles. The van der Waals surface area contributed by atoms with Crippen molar-refractivity contribution < 1.29 is 14.3 Å². The van der Waals surface area contributed by atoms with Crippen LogP contribution in [0.1, 0.15) is 47.0 Å². The molecule has 1 aromatic heterocycles. The van der Waals surface area contributed by atoms with Gasteiger partial charge in [0.05, 0.1) is 12.3 Å². The fraction of sp³-hybridized carbons (Fsp3) is 0.545. The van der Waals surface area contributed by atoms with Crippen molar-refractivity contribution in [2.24, 2.45) is 11.8 Å². The number of fused-ring (bicyclic) bond motifs is 1. The van der Waals surface area contributed by atoms with Crippen molar-refractivity contribution in [2.75, 3.05) is 18.5 Å². The molecule has 1 aliphatic carbocycles. The van der Waals surface area contributed by atoms with E-state index in [-0.39, 0.29) is 5.91 Å². The quantitative estimate of drug-likeness (QED) is 0.688. The molecule has 0 radical (unpaired) electrons. The number of carbonyl (C=O) groups is 1. The van der Waals surface area contributed by atoms with Crippen molar-refractivity contribution >= 4 is 22.5 Å². The third-order valence-electron chi connectivity index (χ3n) is 4.97. The Morgan fingerprint density at radius 3 is 2.78 bits per heavy atom. The van der Waals surface area contributed by atoms with Crippen molar-refractivity contribution in [2.45, 2.75) is 52.6 Å². The predicted octanol–water partition coefficient (Wildman–Crippen LogP) is 4.80. The van der Waals surface area contributed by atoms with Gasteiger partial charge in [-0.25, -0.2) is 0 Å². The number of hydrogen-bond acceptors (Lipinski definition) is 4. The van der Waals surface area contributed by atoms with Gasteiger partial charge in [-0.05, 0) is 62.3 Å². The molecule has 146 valence electrons. The largest absolute Gasteiger partial charge is 0.491 e. The van der Waals surface area contributed by atoms with Gasteiger partial charge < -0.3 is 14.8 Å². The zero-order valence-corrected chi connectivity index (χ0v) is 16.7. The van der Waals surface area contributed by atoms with E-state index in [2.05, 4.69) is 31.1 Å². The maximum atomic E-state index is 13.1. The van der Waals surface area contributed by atoms with Gasteiger partial charge in [-0.1, -0.05) is 20.8 Å². The summed E-state index contributed by atoms with van der Waals surface area (Å²) in [6, 6.07) is 7.61. The van der Waals surface area contributed by atoms with Gasteiger partial charge in [0.15, 0.2) is 0 Å². The number of pyridine rings is 1. The summed E-state index contributed by atoms with van der Waals surface area (Å²) >= 11 is 0. The second kappa shape index (κ2) is 8.26. The molecular weight excluding hydrogens is 340 g/mol. The summed E-state index contributed by atoms with van der Waals surface area (Å²) in [6.07, 6.45) is 4.72. The Labute approximate surface area is 161 Å². The van der Waals surface area contributed by atoms with Gasteiger partial charge in [0.2, 0.25) is 0 Å². The first kappa shape index (κ1) is 19.6. The first-order valence-corrected chi connectivity index (χ1v) is 9.91. The number of ether oxygens (including phenoxy) is 2. The Hall–Kier alpha value is -2.14. The van der Waals surface area contributed by atoms with Crippen LogP contribution < -0.4 is 10.1 Å². The molecule has 0 unspecified atom stereocenters. The van der Waals surface area contributed by atoms with Crippen molar-refractivity contribution in [1.82, 2.24) is 4.98 Å². The van der Waals surface area contributed by atoms with Gasteiger partial charge in [-0.15, -0.1) is 0 Å². The minimum atomic E-state index is -0.780. The van der Waals surface area contributed by atoms with Crippen LogP contribution in [0.3, 0.4) is 0 Å². The summed E-state index contributed by atoms with van der Waals surface area (Å²) in [5.74, 6) is 1.38. The number of benzene rings is 1. The molecular formula is C22H30N2O3. The number of hydrogen-bond donors (Lipinski definition) is 1. The molecule has 1 aliphatic rings. The van der Waals surface area contributed by atoms with Gasteiger partial charge in [-0.3, -0.25) is 9.78 Å². The summed E-state index contributed by atoms with van der Waals surface area (Å²) in [5.41, 5.74) is 0.725. The van der Waals surface area contributed by atoms with Crippen molar-refractivity contribution in [3.8, 4) is 5.75 Å². The minimum Gasteiger partial charge on any atom is -0.491 e. The predicted molar refractivity (Wildman–Crippen MR) is 108 cm³/mol. The van der Waals surface area contributed by atoms with Crippen LogP contribution in [0.25, 0.3) is 10.9 Å². The molecule has 5 heteroatoms. The molecule has 1 fully saturated rings. The third-order valence-corrected chi connectivity index (χ3v) is 4.97. The fourth-order valence-corrected chi connectivity index (χ4v) is 3.19. The van der Waals surface area contributed by atoms with Crippen LogP contribution in [-0.4, -0.2) is 29.7 Å². The Morgan fingerprint density at radius 1 is 1.33 bits per heavy atom. The van der Waals surface area contributed by atoms with Crippen LogP contribution in [0, 0.1) is 11.8 Å². The lowest BCUT2D eigenvalue weighted by molar-refractivity contribution is -0.142. The first-order chi connectivity index (χ1) is 13.0. The first-order valence-electron chi connectivity index (χ1n) is 9.91. The number of nitrogens with one attached hydrogen (secondary N) is 1. The minimum absolute atomic E-state index is 0.0838. The van der Waals surface area contributed by atoms with Crippen LogP contribution in [0.2, 0.25) is 0 Å². The summed E-state index contributed by atoms with van der Waals surface area (Å²) < 4.78 is 11.9. The molecule has 2 aromatic rings. The fourth-order valence-electron chi connectivity index (χ4n) is 3.19. The van der Waals surface area contributed by atoms with Gasteiger partial charge >= 0.3 is 0 Å². The highest BCUT2D eigenvalue weighted by molar-refractivity contribution is 6.05. The average Bonchev–Trinajstić information content (AvgIpc) is 3.51. The Morgan fingerprint density at radius 2 is 2.11 bits per heavy atom. The highest BCUT2D eigenvalue weighted by Crippen LogP contribution is 2.43. The molecule has 0 spiro atoms. The second-order valence-corrected chi connectivity index (χ2v) is 7.90. The molecule has 1 saturated carbocycles. The molecule has 1 amide bonds. The number of nitrogens with zero attached hydrogens (tertiary/aromatic N) is 1. The monoisotopic (exact) mass is 370 g/mol. The van der Waals surface area contributed by atoms with Crippen LogP contribution in [0.5, 0.6) is 5.75 Å². The molecule has 1 aromatic carbocycles. The molecule has 1 atom stereocenters. The zero-order valence-electron chi connectivity index (χ0n) is 16.7. The molecule has 5 nitrogen and oxygen atoms in total. The summed E-state index contributed by atoms with van der Waals surface area (Å²) in [4.78, 5) is 17.6. The third kappa shape index (κ3) is 4.41. The van der Waals surface area contributed by atoms with Crippen molar-refractivity contribution in [1.29, 1.82) is 0 Å². The Balaban J connectivity index is 1.86. The van der Waals surface area contributed by atoms with E-state index in [1.807, 2.05) is 31.2 Å². The molecule has 0 aliphatic heterocycles. The van der Waals surface area contributed by atoms with Crippen LogP contribution >= 0.6 is 0 Å². The van der Waals surface area contributed by atoms with Crippen LogP contribution in [0.15, 0.2) is 30.5 Å². The Bertz CT molecular complexity index is 801. The zero-order chi connectivity index (χ0) is 19.4. The molecule has 1 N–H and O–H groups in total. The van der Waals surface area contributed by atoms with E-state index in [1.165, 1.54) is 0 Å². The highest BCUT2D eigenvalue weighted by Gasteiger charge is 2.48. The molecule has 3 rings (SSSR count). The van der Waals surface area contributed by atoms with Gasteiger partial charge in [0, 0.05) is 18.2 Å². The van der Waals surface area contributed by atoms with E-state index in [1.54, 1.807) is 6.20 Å². The molecule has 0 saturated heterocycles. The number of rotatable bonds is 9. The molecule has 27 heavy (non-hydrogen) atoms. The highest BCUT2D eigenvalue weighted by atomic mass is 16.5. The lowest BCUT2D eigenvalue weighted by atomic mass is 9.98. The number of carbonyl (C=O) groups excluding carboxylic acids is 1. The standard InChI is InChI=1S/C22H30N2O3/c1-5-13-27-22(4,16-8-9-16)21(25)24-18-10-11-19(26-14-15(2)3)20-17(18)7-6-12-23-20/h6-7,10-12,15-16H,5,8-9,13-14H2,1-4H3,(H,24,25)/t22-/m1/s1. The summed E-state index contributed by atoms with van der Waals surface area (Å²) in [7, 11) is 0. The average molecular weight is 370 g/mol. The topological polar surface area (TPSA) is 60.5 Å². The Kier molecular flexibility index (Phi) is 6.00. The van der Waals surface area contributed by atoms with Gasteiger partial charge in [-0.2, -0.15) is 0 Å². The smallest absolute Gasteiger partial charge is 0.256 e. The van der Waals surface area contributed by atoms with Gasteiger partial charge in [0.25, 0.3) is 5.91 Å². The van der Waals surface area contributed by atoms with E-state index < -0.39 is 5.60 Å². The van der Waals surface area contributed by atoms with E-state index in [4.69, 9.17) is 9.47 Å². The van der Waals surface area contributed by atoms with E-state index in [9.17, 15) is 4.79 Å². The lowest BCUT2D eigenvalue weighted by Crippen LogP contribution is -2.45. The maximum Gasteiger partial charge on any atom is 0.256 e. The number of aromatic nitrogens is 1.